The van der Waals surface area contributed by atoms with Crippen LogP contribution in [0.4, 0.5) is 5.69 Å². The molecule has 6 nitrogen and oxygen atoms in total. The number of carbonyl (C=O) groups excluding carboxylic acids is 1. The molecule has 0 aliphatic rings. The van der Waals surface area contributed by atoms with Crippen molar-refractivity contribution in [2.24, 2.45) is 0 Å². The molecule has 1 amide bonds. The van der Waals surface area contributed by atoms with E-state index >= 15 is 0 Å². The van der Waals surface area contributed by atoms with E-state index in [1.807, 2.05) is 13.8 Å². The molecule has 0 fully saturated rings. The first-order valence-corrected chi connectivity index (χ1v) is 7.19. The molecule has 0 spiro atoms. The van der Waals surface area contributed by atoms with Crippen LogP contribution in [-0.4, -0.2) is 40.0 Å². The lowest BCUT2D eigenvalue weighted by Crippen LogP contribution is -2.41. The van der Waals surface area contributed by atoms with Gasteiger partial charge in [-0.25, -0.2) is 0 Å². The van der Waals surface area contributed by atoms with Crippen LogP contribution in [-0.2, 0) is 0 Å². The largest absolute Gasteiger partial charge is 0.395 e. The van der Waals surface area contributed by atoms with Gasteiger partial charge in [0.1, 0.15) is 0 Å². The van der Waals surface area contributed by atoms with Gasteiger partial charge < -0.3 is 10.0 Å². The maximum absolute atomic E-state index is 12.6. The summed E-state index contributed by atoms with van der Waals surface area (Å²) < 4.78 is 0. The van der Waals surface area contributed by atoms with Gasteiger partial charge in [0, 0.05) is 35.3 Å². The van der Waals surface area contributed by atoms with Crippen molar-refractivity contribution in [1.29, 1.82) is 0 Å². The minimum Gasteiger partial charge on any atom is -0.395 e. The Kier molecular flexibility index (Phi) is 6.58. The molecule has 0 aliphatic carbocycles. The molecule has 1 aromatic rings. The summed E-state index contributed by atoms with van der Waals surface area (Å²) in [5.74, 6) is -0.358. The number of carbonyl (C=O) groups is 1. The number of hydrogen-bond acceptors (Lipinski definition) is 4. The van der Waals surface area contributed by atoms with Gasteiger partial charge in [0.25, 0.3) is 11.6 Å². The van der Waals surface area contributed by atoms with Crippen LogP contribution < -0.4 is 0 Å². The molecule has 0 radical (unpaired) electrons. The smallest absolute Gasteiger partial charge is 0.271 e. The average Bonchev–Trinajstić information content (AvgIpc) is 2.46. The van der Waals surface area contributed by atoms with Gasteiger partial charge in [-0.15, -0.1) is 0 Å². The summed E-state index contributed by atoms with van der Waals surface area (Å²) in [5.41, 5.74) is -0.0612. The van der Waals surface area contributed by atoms with Crippen molar-refractivity contribution in [2.45, 2.75) is 32.7 Å². The van der Waals surface area contributed by atoms with E-state index < -0.39 is 4.92 Å². The Hall–Kier alpha value is -1.66. The van der Waals surface area contributed by atoms with E-state index in [-0.39, 0.29) is 41.4 Å². The Bertz CT molecular complexity index is 518. The quantitative estimate of drug-likeness (QED) is 0.619. The second-order valence-electron chi connectivity index (χ2n) is 4.65. The Balaban J connectivity index is 3.16. The standard InChI is InChI=1S/C14H19ClN2O4/c1-3-12(4-2)16(5-6-18)14(19)10-7-11(15)9-13(8-10)17(20)21/h7-9,12,18H,3-6H2,1-2H3. The molecule has 116 valence electrons. The molecule has 0 heterocycles. The molecule has 0 unspecified atom stereocenters. The summed E-state index contributed by atoms with van der Waals surface area (Å²) in [6, 6.07) is 3.79. The average molecular weight is 315 g/mol. The number of rotatable bonds is 7. The fraction of sp³-hybridized carbons (Fsp3) is 0.500. The minimum atomic E-state index is -0.587. The number of non-ortho nitro benzene ring substituents is 1. The number of benzene rings is 1. The highest BCUT2D eigenvalue weighted by Gasteiger charge is 2.24. The lowest BCUT2D eigenvalue weighted by Gasteiger charge is -2.30. The first kappa shape index (κ1) is 17.4. The van der Waals surface area contributed by atoms with E-state index in [1.54, 1.807) is 0 Å². The summed E-state index contributed by atoms with van der Waals surface area (Å²) >= 11 is 5.84. The second kappa shape index (κ2) is 7.95. The van der Waals surface area contributed by atoms with Crippen LogP contribution in [0.25, 0.3) is 0 Å². The van der Waals surface area contributed by atoms with Gasteiger partial charge in [0.2, 0.25) is 0 Å². The SMILES string of the molecule is CCC(CC)N(CCO)C(=O)c1cc(Cl)cc([N+](=O)[O-])c1. The van der Waals surface area contributed by atoms with Crippen molar-refractivity contribution in [3.05, 3.63) is 38.9 Å². The van der Waals surface area contributed by atoms with Gasteiger partial charge in [-0.1, -0.05) is 25.4 Å². The van der Waals surface area contributed by atoms with E-state index in [2.05, 4.69) is 0 Å². The summed E-state index contributed by atoms with van der Waals surface area (Å²) in [6.07, 6.45) is 1.48. The lowest BCUT2D eigenvalue weighted by atomic mass is 10.1. The second-order valence-corrected chi connectivity index (χ2v) is 5.08. The maximum atomic E-state index is 12.6. The van der Waals surface area contributed by atoms with E-state index in [0.717, 1.165) is 12.8 Å². The summed E-state index contributed by atoms with van der Waals surface area (Å²) in [5, 5.41) is 20.1. The Morgan fingerprint density at radius 2 is 2.00 bits per heavy atom. The van der Waals surface area contributed by atoms with Crippen molar-refractivity contribution in [3.8, 4) is 0 Å². The topological polar surface area (TPSA) is 83.7 Å². The minimum absolute atomic E-state index is 0.0253. The monoisotopic (exact) mass is 314 g/mol. The highest BCUT2D eigenvalue weighted by atomic mass is 35.5. The van der Waals surface area contributed by atoms with E-state index in [4.69, 9.17) is 16.7 Å². The summed E-state index contributed by atoms with van der Waals surface area (Å²) in [7, 11) is 0. The summed E-state index contributed by atoms with van der Waals surface area (Å²) in [6.45, 7) is 3.93. The normalized spacial score (nSPS) is 10.7. The number of aliphatic hydroxyl groups excluding tert-OH is 1. The van der Waals surface area contributed by atoms with E-state index in [0.29, 0.717) is 0 Å². The zero-order chi connectivity index (χ0) is 16.0. The third-order valence-electron chi connectivity index (χ3n) is 3.33. The van der Waals surface area contributed by atoms with Crippen molar-refractivity contribution in [3.63, 3.8) is 0 Å². The molecule has 1 N–H and O–H groups in total. The van der Waals surface area contributed by atoms with Crippen LogP contribution in [0.1, 0.15) is 37.0 Å². The number of hydrogen-bond donors (Lipinski definition) is 1. The van der Waals surface area contributed by atoms with Crippen LogP contribution in [0.15, 0.2) is 18.2 Å². The van der Waals surface area contributed by atoms with Crippen molar-refractivity contribution < 1.29 is 14.8 Å². The van der Waals surface area contributed by atoms with Crippen LogP contribution in [0.2, 0.25) is 5.02 Å². The Morgan fingerprint density at radius 3 is 2.48 bits per heavy atom. The Morgan fingerprint density at radius 1 is 1.38 bits per heavy atom. The van der Waals surface area contributed by atoms with Crippen LogP contribution in [0.3, 0.4) is 0 Å². The van der Waals surface area contributed by atoms with Crippen LogP contribution in [0.5, 0.6) is 0 Å². The number of aliphatic hydroxyl groups is 1. The number of nitro groups is 1. The number of nitrogens with zero attached hydrogens (tertiary/aromatic N) is 2. The molecule has 0 saturated carbocycles. The van der Waals surface area contributed by atoms with Gasteiger partial charge in [-0.2, -0.15) is 0 Å². The first-order valence-electron chi connectivity index (χ1n) is 6.81. The van der Waals surface area contributed by atoms with Gasteiger partial charge in [0.15, 0.2) is 0 Å². The number of amides is 1. The van der Waals surface area contributed by atoms with Crippen LogP contribution >= 0.6 is 11.6 Å². The number of halogens is 1. The summed E-state index contributed by atoms with van der Waals surface area (Å²) in [4.78, 5) is 24.4. The number of nitro benzene ring substituents is 1. The van der Waals surface area contributed by atoms with Crippen molar-refractivity contribution >= 4 is 23.2 Å². The van der Waals surface area contributed by atoms with E-state index in [9.17, 15) is 14.9 Å². The van der Waals surface area contributed by atoms with Gasteiger partial charge >= 0.3 is 0 Å². The highest BCUT2D eigenvalue weighted by Crippen LogP contribution is 2.23. The van der Waals surface area contributed by atoms with Crippen molar-refractivity contribution in [1.82, 2.24) is 4.90 Å². The first-order chi connectivity index (χ1) is 9.94. The zero-order valence-electron chi connectivity index (χ0n) is 12.1. The van der Waals surface area contributed by atoms with E-state index in [1.165, 1.54) is 23.1 Å². The molecule has 0 aromatic heterocycles. The molecule has 0 aliphatic heterocycles. The maximum Gasteiger partial charge on any atom is 0.271 e. The Labute approximate surface area is 128 Å². The van der Waals surface area contributed by atoms with Gasteiger partial charge in [-0.05, 0) is 18.9 Å². The molecule has 21 heavy (non-hydrogen) atoms. The molecule has 7 heteroatoms. The predicted octanol–water partition coefficient (Wildman–Crippen LogP) is 2.87. The highest BCUT2D eigenvalue weighted by molar-refractivity contribution is 6.31. The predicted molar refractivity (Wildman–Crippen MR) is 80.6 cm³/mol. The third-order valence-corrected chi connectivity index (χ3v) is 3.54. The van der Waals surface area contributed by atoms with Gasteiger partial charge in [-0.3, -0.25) is 14.9 Å². The third kappa shape index (κ3) is 4.41. The molecule has 0 bridgehead atoms. The molecule has 0 saturated heterocycles. The molecular formula is C14H19ClN2O4. The van der Waals surface area contributed by atoms with Crippen LogP contribution in [0, 0.1) is 10.1 Å². The fourth-order valence-corrected chi connectivity index (χ4v) is 2.49. The molecular weight excluding hydrogens is 296 g/mol. The fourth-order valence-electron chi connectivity index (χ4n) is 2.26. The molecule has 1 rings (SSSR count). The van der Waals surface area contributed by atoms with Crippen molar-refractivity contribution in [2.75, 3.05) is 13.2 Å². The lowest BCUT2D eigenvalue weighted by molar-refractivity contribution is -0.384. The zero-order valence-corrected chi connectivity index (χ0v) is 12.8. The van der Waals surface area contributed by atoms with Gasteiger partial charge in [0.05, 0.1) is 11.5 Å². The molecule has 1 aromatic carbocycles. The molecule has 0 atom stereocenters.